The van der Waals surface area contributed by atoms with Gasteiger partial charge in [-0.25, -0.2) is 4.98 Å². The van der Waals surface area contributed by atoms with Crippen LogP contribution in [0, 0.1) is 13.8 Å². The lowest BCUT2D eigenvalue weighted by Crippen LogP contribution is -2.19. The summed E-state index contributed by atoms with van der Waals surface area (Å²) in [5, 5.41) is 5.92. The SMILES string of the molecule is Cc1nc(C)c(C(N)c2c(Cl)cnn2C(C)C)s1. The molecule has 0 aliphatic heterocycles. The summed E-state index contributed by atoms with van der Waals surface area (Å²) in [5.41, 5.74) is 8.17. The normalized spacial score (nSPS) is 13.3. The van der Waals surface area contributed by atoms with E-state index in [1.54, 1.807) is 17.5 Å². The summed E-state index contributed by atoms with van der Waals surface area (Å²) in [7, 11) is 0. The van der Waals surface area contributed by atoms with Gasteiger partial charge in [0, 0.05) is 6.04 Å². The molecule has 2 rings (SSSR count). The highest BCUT2D eigenvalue weighted by molar-refractivity contribution is 7.11. The molecule has 0 aliphatic rings. The second-order valence-electron chi connectivity index (χ2n) is 4.58. The predicted molar refractivity (Wildman–Crippen MR) is 75.2 cm³/mol. The molecule has 6 heteroatoms. The third-order valence-electron chi connectivity index (χ3n) is 2.79. The lowest BCUT2D eigenvalue weighted by atomic mass is 10.1. The van der Waals surface area contributed by atoms with Gasteiger partial charge in [-0.2, -0.15) is 5.10 Å². The maximum absolute atomic E-state index is 6.34. The molecule has 0 fully saturated rings. The summed E-state index contributed by atoms with van der Waals surface area (Å²) >= 11 is 7.83. The van der Waals surface area contributed by atoms with Crippen molar-refractivity contribution in [2.75, 3.05) is 0 Å². The Hall–Kier alpha value is -0.910. The van der Waals surface area contributed by atoms with E-state index in [-0.39, 0.29) is 12.1 Å². The third-order valence-corrected chi connectivity index (χ3v) is 4.24. The third kappa shape index (κ3) is 2.30. The number of rotatable bonds is 3. The zero-order valence-electron chi connectivity index (χ0n) is 10.9. The zero-order valence-corrected chi connectivity index (χ0v) is 12.5. The maximum Gasteiger partial charge on any atom is 0.0900 e. The summed E-state index contributed by atoms with van der Waals surface area (Å²) in [6.45, 7) is 8.08. The van der Waals surface area contributed by atoms with Crippen LogP contribution in [0.4, 0.5) is 0 Å². The second kappa shape index (κ2) is 4.99. The van der Waals surface area contributed by atoms with Gasteiger partial charge in [-0.3, -0.25) is 4.68 Å². The Morgan fingerprint density at radius 3 is 2.56 bits per heavy atom. The Bertz CT molecular complexity index is 558. The molecule has 0 radical (unpaired) electrons. The average Bonchev–Trinajstić information content (AvgIpc) is 2.81. The smallest absolute Gasteiger partial charge is 0.0900 e. The first-order valence-corrected chi connectivity index (χ1v) is 7.03. The van der Waals surface area contributed by atoms with Gasteiger partial charge in [-0.15, -0.1) is 11.3 Å². The molecule has 18 heavy (non-hydrogen) atoms. The molecule has 0 aromatic carbocycles. The number of halogens is 1. The van der Waals surface area contributed by atoms with Crippen molar-refractivity contribution in [2.45, 2.75) is 39.8 Å². The van der Waals surface area contributed by atoms with E-state index in [4.69, 9.17) is 17.3 Å². The molecule has 1 atom stereocenters. The molecule has 0 saturated heterocycles. The van der Waals surface area contributed by atoms with E-state index in [9.17, 15) is 0 Å². The van der Waals surface area contributed by atoms with Crippen LogP contribution in [0.2, 0.25) is 5.02 Å². The van der Waals surface area contributed by atoms with E-state index in [2.05, 4.69) is 23.9 Å². The van der Waals surface area contributed by atoms with E-state index in [1.807, 2.05) is 18.5 Å². The largest absolute Gasteiger partial charge is 0.318 e. The summed E-state index contributed by atoms with van der Waals surface area (Å²) in [6.07, 6.45) is 1.65. The first-order valence-electron chi connectivity index (χ1n) is 5.84. The molecular formula is C12H17ClN4S. The van der Waals surface area contributed by atoms with Crippen LogP contribution in [0.1, 0.15) is 47.2 Å². The fraction of sp³-hybridized carbons (Fsp3) is 0.500. The van der Waals surface area contributed by atoms with Crippen molar-refractivity contribution in [3.63, 3.8) is 0 Å². The van der Waals surface area contributed by atoms with Crippen LogP contribution in [0.15, 0.2) is 6.20 Å². The Morgan fingerprint density at radius 1 is 1.39 bits per heavy atom. The first-order chi connectivity index (χ1) is 8.41. The lowest BCUT2D eigenvalue weighted by molar-refractivity contribution is 0.500. The van der Waals surface area contributed by atoms with Crippen LogP contribution >= 0.6 is 22.9 Å². The molecular weight excluding hydrogens is 268 g/mol. The number of hydrogen-bond donors (Lipinski definition) is 1. The molecule has 98 valence electrons. The van der Waals surface area contributed by atoms with Crippen LogP contribution < -0.4 is 5.73 Å². The molecule has 2 heterocycles. The molecule has 2 N–H and O–H groups in total. The van der Waals surface area contributed by atoms with Gasteiger partial charge in [0.05, 0.1) is 38.5 Å². The van der Waals surface area contributed by atoms with Crippen molar-refractivity contribution in [1.82, 2.24) is 14.8 Å². The maximum atomic E-state index is 6.34. The average molecular weight is 285 g/mol. The molecule has 0 aliphatic carbocycles. The quantitative estimate of drug-likeness (QED) is 0.941. The van der Waals surface area contributed by atoms with E-state index >= 15 is 0 Å². The van der Waals surface area contributed by atoms with Gasteiger partial charge in [0.2, 0.25) is 0 Å². The molecule has 0 saturated carbocycles. The van der Waals surface area contributed by atoms with Crippen molar-refractivity contribution in [2.24, 2.45) is 5.73 Å². The Morgan fingerprint density at radius 2 is 2.06 bits per heavy atom. The number of nitrogens with zero attached hydrogens (tertiary/aromatic N) is 3. The number of nitrogens with two attached hydrogens (primary N) is 1. The van der Waals surface area contributed by atoms with Crippen LogP contribution in [0.3, 0.4) is 0 Å². The Kier molecular flexibility index (Phi) is 3.75. The number of thiazole rings is 1. The summed E-state index contributed by atoms with van der Waals surface area (Å²) in [6, 6.07) is -0.0403. The first kappa shape index (κ1) is 13.5. The van der Waals surface area contributed by atoms with Crippen LogP contribution in [-0.2, 0) is 0 Å². The van der Waals surface area contributed by atoms with Crippen LogP contribution in [0.5, 0.6) is 0 Å². The van der Waals surface area contributed by atoms with Gasteiger partial charge in [0.25, 0.3) is 0 Å². The van der Waals surface area contributed by atoms with Gasteiger partial charge in [-0.1, -0.05) is 11.6 Å². The standard InChI is InChI=1S/C12H17ClN4S/c1-6(2)17-11(9(13)5-15-17)10(14)12-7(3)16-8(4)18-12/h5-6,10H,14H2,1-4H3. The second-order valence-corrected chi connectivity index (χ2v) is 6.22. The Labute approximate surface area is 116 Å². The highest BCUT2D eigenvalue weighted by Crippen LogP contribution is 2.32. The zero-order chi connectivity index (χ0) is 13.4. The fourth-order valence-electron chi connectivity index (χ4n) is 2.01. The van der Waals surface area contributed by atoms with E-state index in [0.29, 0.717) is 5.02 Å². The van der Waals surface area contributed by atoms with Gasteiger partial charge in [-0.05, 0) is 27.7 Å². The summed E-state index contributed by atoms with van der Waals surface area (Å²) < 4.78 is 1.88. The summed E-state index contributed by atoms with van der Waals surface area (Å²) in [5.74, 6) is 0. The van der Waals surface area contributed by atoms with E-state index < -0.39 is 0 Å². The van der Waals surface area contributed by atoms with Gasteiger partial charge < -0.3 is 5.73 Å². The van der Waals surface area contributed by atoms with Crippen molar-refractivity contribution < 1.29 is 0 Å². The van der Waals surface area contributed by atoms with Crippen LogP contribution in [0.25, 0.3) is 0 Å². The van der Waals surface area contributed by atoms with Gasteiger partial charge in [0.15, 0.2) is 0 Å². The van der Waals surface area contributed by atoms with Crippen molar-refractivity contribution in [3.8, 4) is 0 Å². The minimum atomic E-state index is -0.270. The number of aryl methyl sites for hydroxylation is 2. The highest BCUT2D eigenvalue weighted by Gasteiger charge is 2.23. The highest BCUT2D eigenvalue weighted by atomic mass is 35.5. The Balaban J connectivity index is 2.48. The molecule has 0 amide bonds. The fourth-order valence-corrected chi connectivity index (χ4v) is 3.19. The van der Waals surface area contributed by atoms with Crippen molar-refractivity contribution >= 4 is 22.9 Å². The number of hydrogen-bond acceptors (Lipinski definition) is 4. The minimum Gasteiger partial charge on any atom is -0.318 e. The summed E-state index contributed by atoms with van der Waals surface area (Å²) in [4.78, 5) is 5.46. The molecule has 2 aromatic heterocycles. The molecule has 1 unspecified atom stereocenters. The lowest BCUT2D eigenvalue weighted by Gasteiger charge is -2.16. The van der Waals surface area contributed by atoms with Crippen molar-refractivity contribution in [1.29, 1.82) is 0 Å². The van der Waals surface area contributed by atoms with E-state index in [1.165, 1.54) is 0 Å². The van der Waals surface area contributed by atoms with Crippen LogP contribution in [-0.4, -0.2) is 14.8 Å². The molecule has 4 nitrogen and oxygen atoms in total. The molecule has 0 bridgehead atoms. The topological polar surface area (TPSA) is 56.7 Å². The van der Waals surface area contributed by atoms with E-state index in [0.717, 1.165) is 21.3 Å². The molecule has 0 spiro atoms. The molecule has 2 aromatic rings. The predicted octanol–water partition coefficient (Wildman–Crippen LogP) is 3.24. The number of aromatic nitrogens is 3. The van der Waals surface area contributed by atoms with Gasteiger partial charge >= 0.3 is 0 Å². The minimum absolute atomic E-state index is 0.230. The van der Waals surface area contributed by atoms with Crippen molar-refractivity contribution in [3.05, 3.63) is 32.5 Å². The monoisotopic (exact) mass is 284 g/mol. The van der Waals surface area contributed by atoms with Gasteiger partial charge in [0.1, 0.15) is 0 Å².